The fourth-order valence-electron chi connectivity index (χ4n) is 2.65. The summed E-state index contributed by atoms with van der Waals surface area (Å²) in [6.07, 6.45) is 3.37. The molecule has 0 spiro atoms. The Labute approximate surface area is 138 Å². The van der Waals surface area contributed by atoms with Gasteiger partial charge < -0.3 is 15.1 Å². The molecule has 0 radical (unpaired) electrons. The zero-order valence-corrected chi connectivity index (χ0v) is 14.1. The van der Waals surface area contributed by atoms with Gasteiger partial charge >= 0.3 is 0 Å². The normalized spacial score (nSPS) is 16.6. The number of amides is 1. The van der Waals surface area contributed by atoms with Crippen LogP contribution in [-0.4, -0.2) is 62.0 Å². The molecular weight excluding hydrogens is 298 g/mol. The van der Waals surface area contributed by atoms with Gasteiger partial charge in [0.25, 0.3) is 5.91 Å². The van der Waals surface area contributed by atoms with Crippen LogP contribution in [0.5, 0.6) is 0 Å². The maximum absolute atomic E-state index is 12.0. The second kappa shape index (κ2) is 9.13. The molecule has 4 nitrogen and oxygen atoms in total. The summed E-state index contributed by atoms with van der Waals surface area (Å²) in [5.74, 6) is -0.0790. The van der Waals surface area contributed by atoms with Gasteiger partial charge in [0.05, 0.1) is 10.6 Å². The van der Waals surface area contributed by atoms with Gasteiger partial charge in [-0.1, -0.05) is 30.2 Å². The number of carbonyl (C=O) groups is 1. The minimum absolute atomic E-state index is 0.0790. The minimum atomic E-state index is -0.0790. The third kappa shape index (κ3) is 5.59. The van der Waals surface area contributed by atoms with Crippen molar-refractivity contribution in [2.75, 3.05) is 46.3 Å². The largest absolute Gasteiger partial charge is 0.352 e. The molecule has 1 heterocycles. The van der Waals surface area contributed by atoms with E-state index in [0.717, 1.165) is 12.8 Å². The lowest BCUT2D eigenvalue weighted by molar-refractivity contribution is 0.0953. The lowest BCUT2D eigenvalue weighted by atomic mass is 10.2. The average molecular weight is 324 g/mol. The van der Waals surface area contributed by atoms with Crippen molar-refractivity contribution in [1.82, 2.24) is 15.1 Å². The summed E-state index contributed by atoms with van der Waals surface area (Å²) in [5.41, 5.74) is 0.557. The van der Waals surface area contributed by atoms with Crippen LogP contribution < -0.4 is 5.32 Å². The van der Waals surface area contributed by atoms with E-state index in [1.165, 1.54) is 39.1 Å². The van der Waals surface area contributed by atoms with E-state index >= 15 is 0 Å². The van der Waals surface area contributed by atoms with Crippen LogP contribution in [0.4, 0.5) is 0 Å². The van der Waals surface area contributed by atoms with Crippen molar-refractivity contribution in [3.8, 4) is 0 Å². The number of carbonyl (C=O) groups excluding carboxylic acids is 1. The number of nitrogens with one attached hydrogen (secondary N) is 1. The molecular formula is C17H26ClN3O. The Kier molecular flexibility index (Phi) is 7.16. The summed E-state index contributed by atoms with van der Waals surface area (Å²) in [6, 6.07) is 7.16. The highest BCUT2D eigenvalue weighted by Crippen LogP contribution is 2.14. The predicted octanol–water partition coefficient (Wildman–Crippen LogP) is 2.49. The number of benzene rings is 1. The van der Waals surface area contributed by atoms with Crippen LogP contribution in [-0.2, 0) is 0 Å². The van der Waals surface area contributed by atoms with Gasteiger partial charge in [0.15, 0.2) is 0 Å². The van der Waals surface area contributed by atoms with Crippen LogP contribution >= 0.6 is 11.6 Å². The van der Waals surface area contributed by atoms with Gasteiger partial charge in [0.1, 0.15) is 0 Å². The summed E-state index contributed by atoms with van der Waals surface area (Å²) in [4.78, 5) is 16.9. The topological polar surface area (TPSA) is 35.6 Å². The number of hydrogen-bond acceptors (Lipinski definition) is 3. The first kappa shape index (κ1) is 17.3. The summed E-state index contributed by atoms with van der Waals surface area (Å²) < 4.78 is 0. The highest BCUT2D eigenvalue weighted by atomic mass is 35.5. The van der Waals surface area contributed by atoms with Crippen molar-refractivity contribution in [2.45, 2.75) is 19.3 Å². The monoisotopic (exact) mass is 323 g/mol. The first-order valence-electron chi connectivity index (χ1n) is 8.10. The molecule has 0 aromatic heterocycles. The van der Waals surface area contributed by atoms with Gasteiger partial charge in [-0.2, -0.15) is 0 Å². The lowest BCUT2D eigenvalue weighted by Crippen LogP contribution is -2.44. The number of halogens is 1. The standard InChI is InChI=1S/C17H26ClN3O/c1-20-11-13-21(14-12-20)10-6-2-5-9-19-17(22)15-7-3-4-8-16(15)18/h3-4,7-8H,2,5-6,9-14H2,1H3,(H,19,22). The lowest BCUT2D eigenvalue weighted by Gasteiger charge is -2.32. The molecule has 0 bridgehead atoms. The van der Waals surface area contributed by atoms with E-state index in [1.54, 1.807) is 12.1 Å². The molecule has 0 saturated carbocycles. The van der Waals surface area contributed by atoms with Gasteiger partial charge in [-0.3, -0.25) is 4.79 Å². The molecule has 1 N–H and O–H groups in total. The van der Waals surface area contributed by atoms with Gasteiger partial charge in [-0.25, -0.2) is 0 Å². The molecule has 1 aliphatic heterocycles. The third-order valence-electron chi connectivity index (χ3n) is 4.15. The fraction of sp³-hybridized carbons (Fsp3) is 0.588. The van der Waals surface area contributed by atoms with Crippen LogP contribution in [0, 0.1) is 0 Å². The molecule has 1 amide bonds. The van der Waals surface area contributed by atoms with Gasteiger partial charge in [-0.05, 0) is 38.6 Å². The third-order valence-corrected chi connectivity index (χ3v) is 4.48. The number of unbranched alkanes of at least 4 members (excludes halogenated alkanes) is 2. The first-order chi connectivity index (χ1) is 10.7. The van der Waals surface area contributed by atoms with E-state index in [0.29, 0.717) is 17.1 Å². The van der Waals surface area contributed by atoms with Crippen LogP contribution in [0.15, 0.2) is 24.3 Å². The zero-order chi connectivity index (χ0) is 15.8. The van der Waals surface area contributed by atoms with Crippen LogP contribution in [0.1, 0.15) is 29.6 Å². The van der Waals surface area contributed by atoms with E-state index in [1.807, 2.05) is 12.1 Å². The second-order valence-corrected chi connectivity index (χ2v) is 6.35. The fourth-order valence-corrected chi connectivity index (χ4v) is 2.87. The second-order valence-electron chi connectivity index (χ2n) is 5.94. The molecule has 1 aromatic carbocycles. The summed E-state index contributed by atoms with van der Waals surface area (Å²) in [5, 5.41) is 3.45. The van der Waals surface area contributed by atoms with Crippen LogP contribution in [0.2, 0.25) is 5.02 Å². The van der Waals surface area contributed by atoms with Crippen LogP contribution in [0.3, 0.4) is 0 Å². The minimum Gasteiger partial charge on any atom is -0.352 e. The number of likely N-dealkylation sites (N-methyl/N-ethyl adjacent to an activating group) is 1. The summed E-state index contributed by atoms with van der Waals surface area (Å²) in [6.45, 7) is 6.60. The maximum Gasteiger partial charge on any atom is 0.252 e. The molecule has 0 unspecified atom stereocenters. The Balaban J connectivity index is 1.54. The van der Waals surface area contributed by atoms with Gasteiger partial charge in [0, 0.05) is 32.7 Å². The van der Waals surface area contributed by atoms with E-state index in [9.17, 15) is 4.79 Å². The molecule has 22 heavy (non-hydrogen) atoms. The van der Waals surface area contributed by atoms with Crippen molar-refractivity contribution < 1.29 is 4.79 Å². The highest BCUT2D eigenvalue weighted by Gasteiger charge is 2.12. The van der Waals surface area contributed by atoms with Crippen molar-refractivity contribution in [3.05, 3.63) is 34.9 Å². The Morgan fingerprint density at radius 2 is 1.86 bits per heavy atom. The molecule has 0 atom stereocenters. The van der Waals surface area contributed by atoms with Crippen molar-refractivity contribution in [3.63, 3.8) is 0 Å². The molecule has 1 aromatic rings. The number of hydrogen-bond donors (Lipinski definition) is 1. The first-order valence-corrected chi connectivity index (χ1v) is 8.48. The Hall–Kier alpha value is -1.10. The molecule has 2 rings (SSSR count). The Morgan fingerprint density at radius 3 is 2.59 bits per heavy atom. The SMILES string of the molecule is CN1CCN(CCCCCNC(=O)c2ccccc2Cl)CC1. The van der Waals surface area contributed by atoms with Gasteiger partial charge in [0.2, 0.25) is 0 Å². The smallest absolute Gasteiger partial charge is 0.252 e. The van der Waals surface area contributed by atoms with Crippen molar-refractivity contribution in [1.29, 1.82) is 0 Å². The number of piperazine rings is 1. The molecule has 5 heteroatoms. The maximum atomic E-state index is 12.0. The van der Waals surface area contributed by atoms with Gasteiger partial charge in [-0.15, -0.1) is 0 Å². The van der Waals surface area contributed by atoms with E-state index < -0.39 is 0 Å². The molecule has 122 valence electrons. The number of nitrogens with zero attached hydrogens (tertiary/aromatic N) is 2. The summed E-state index contributed by atoms with van der Waals surface area (Å²) in [7, 11) is 2.18. The Morgan fingerprint density at radius 1 is 1.14 bits per heavy atom. The summed E-state index contributed by atoms with van der Waals surface area (Å²) >= 11 is 6.01. The number of rotatable bonds is 7. The van der Waals surface area contributed by atoms with Crippen LogP contribution in [0.25, 0.3) is 0 Å². The van der Waals surface area contributed by atoms with Crippen molar-refractivity contribution in [2.24, 2.45) is 0 Å². The molecule has 1 aliphatic rings. The van der Waals surface area contributed by atoms with Crippen molar-refractivity contribution >= 4 is 17.5 Å². The molecule has 1 saturated heterocycles. The predicted molar refractivity (Wildman–Crippen MR) is 91.6 cm³/mol. The van der Waals surface area contributed by atoms with E-state index in [-0.39, 0.29) is 5.91 Å². The molecule has 0 aliphatic carbocycles. The quantitative estimate of drug-likeness (QED) is 0.783. The average Bonchev–Trinajstić information content (AvgIpc) is 2.52. The van der Waals surface area contributed by atoms with E-state index in [2.05, 4.69) is 22.2 Å². The zero-order valence-electron chi connectivity index (χ0n) is 13.4. The highest BCUT2D eigenvalue weighted by molar-refractivity contribution is 6.33. The Bertz CT molecular complexity index is 473. The molecule has 1 fully saturated rings. The van der Waals surface area contributed by atoms with E-state index in [4.69, 9.17) is 11.6 Å².